The molecule has 84 valence electrons. The molecular formula is C13H16N2O. The molecule has 3 nitrogen and oxygen atoms in total. The van der Waals surface area contributed by atoms with Crippen molar-refractivity contribution in [2.45, 2.75) is 32.6 Å². The third kappa shape index (κ3) is 1.70. The summed E-state index contributed by atoms with van der Waals surface area (Å²) in [6.07, 6.45) is 14.0. The van der Waals surface area contributed by atoms with Gasteiger partial charge in [0.2, 0.25) is 0 Å². The van der Waals surface area contributed by atoms with E-state index in [-0.39, 0.29) is 5.41 Å². The van der Waals surface area contributed by atoms with Crippen molar-refractivity contribution in [2.75, 3.05) is 0 Å². The highest BCUT2D eigenvalue weighted by atomic mass is 16.6. The minimum Gasteiger partial charge on any atom is -0.243 e. The van der Waals surface area contributed by atoms with E-state index in [0.717, 1.165) is 17.3 Å². The zero-order valence-electron chi connectivity index (χ0n) is 9.52. The summed E-state index contributed by atoms with van der Waals surface area (Å²) in [5.41, 5.74) is 1.84. The van der Waals surface area contributed by atoms with Crippen molar-refractivity contribution in [3.05, 3.63) is 23.5 Å². The first kappa shape index (κ1) is 9.82. The zero-order chi connectivity index (χ0) is 11.0. The maximum atomic E-state index is 4.70. The maximum Gasteiger partial charge on any atom is 0.134 e. The first-order valence-electron chi connectivity index (χ1n) is 5.96. The Balaban J connectivity index is 1.83. The molecule has 0 spiro atoms. The van der Waals surface area contributed by atoms with E-state index in [0.29, 0.717) is 0 Å². The summed E-state index contributed by atoms with van der Waals surface area (Å²) in [6, 6.07) is 0. The number of allylic oxidation sites excluding steroid dienone is 2. The second-order valence-corrected chi connectivity index (χ2v) is 5.21. The van der Waals surface area contributed by atoms with Crippen molar-refractivity contribution >= 4 is 12.2 Å². The van der Waals surface area contributed by atoms with E-state index >= 15 is 0 Å². The van der Waals surface area contributed by atoms with Gasteiger partial charge in [0.1, 0.15) is 11.4 Å². The van der Waals surface area contributed by atoms with E-state index in [2.05, 4.69) is 29.4 Å². The molecule has 1 aromatic heterocycles. The summed E-state index contributed by atoms with van der Waals surface area (Å²) < 4.78 is 4.70. The first-order valence-corrected chi connectivity index (χ1v) is 5.96. The molecule has 1 fully saturated rings. The van der Waals surface area contributed by atoms with Crippen LogP contribution in [0, 0.1) is 11.3 Å². The van der Waals surface area contributed by atoms with E-state index < -0.39 is 0 Å². The zero-order valence-corrected chi connectivity index (χ0v) is 9.52. The summed E-state index contributed by atoms with van der Waals surface area (Å²) in [6.45, 7) is 2.28. The van der Waals surface area contributed by atoms with Crippen molar-refractivity contribution in [3.8, 4) is 0 Å². The lowest BCUT2D eigenvalue weighted by atomic mass is 9.72. The number of hydrogen-bond donors (Lipinski definition) is 0. The summed E-state index contributed by atoms with van der Waals surface area (Å²) in [4.78, 5) is 0. The van der Waals surface area contributed by atoms with Gasteiger partial charge in [0, 0.05) is 5.41 Å². The van der Waals surface area contributed by atoms with Gasteiger partial charge in [0.25, 0.3) is 0 Å². The molecule has 3 heteroatoms. The molecule has 0 amide bonds. The van der Waals surface area contributed by atoms with Gasteiger partial charge in [-0.3, -0.25) is 0 Å². The van der Waals surface area contributed by atoms with E-state index in [1.807, 2.05) is 12.2 Å². The smallest absolute Gasteiger partial charge is 0.134 e. The monoisotopic (exact) mass is 216 g/mol. The largest absolute Gasteiger partial charge is 0.243 e. The lowest BCUT2D eigenvalue weighted by Crippen LogP contribution is -2.20. The molecule has 0 radical (unpaired) electrons. The molecule has 0 N–H and O–H groups in total. The van der Waals surface area contributed by atoms with Gasteiger partial charge in [0.05, 0.1) is 0 Å². The van der Waals surface area contributed by atoms with Gasteiger partial charge in [-0.15, -0.1) is 0 Å². The third-order valence-corrected chi connectivity index (χ3v) is 3.74. The van der Waals surface area contributed by atoms with Crippen molar-refractivity contribution in [1.29, 1.82) is 0 Å². The Bertz CT molecular complexity index is 412. The fraction of sp³-hybridized carbons (Fsp3) is 0.538. The molecule has 16 heavy (non-hydrogen) atoms. The second-order valence-electron chi connectivity index (χ2n) is 5.21. The van der Waals surface area contributed by atoms with Gasteiger partial charge in [-0.1, -0.05) is 38.3 Å². The Morgan fingerprint density at radius 2 is 1.88 bits per heavy atom. The van der Waals surface area contributed by atoms with Crippen LogP contribution < -0.4 is 0 Å². The van der Waals surface area contributed by atoms with Crippen LogP contribution in [0.3, 0.4) is 0 Å². The van der Waals surface area contributed by atoms with Crippen molar-refractivity contribution in [2.24, 2.45) is 11.3 Å². The Labute approximate surface area is 95.2 Å². The van der Waals surface area contributed by atoms with Gasteiger partial charge in [-0.05, 0) is 34.8 Å². The maximum absolute atomic E-state index is 4.70. The Kier molecular flexibility index (Phi) is 2.20. The van der Waals surface area contributed by atoms with E-state index in [9.17, 15) is 0 Å². The SMILES string of the molecule is CC1(CC2CCC2)C=Cc2nonc2C=C1. The van der Waals surface area contributed by atoms with Crippen LogP contribution in [-0.2, 0) is 0 Å². The first-order chi connectivity index (χ1) is 7.75. The average Bonchev–Trinajstić information content (AvgIpc) is 2.61. The lowest BCUT2D eigenvalue weighted by molar-refractivity contribution is 0.244. The van der Waals surface area contributed by atoms with Crippen LogP contribution >= 0.6 is 0 Å². The second kappa shape index (κ2) is 3.58. The molecule has 1 heterocycles. The summed E-state index contributed by atoms with van der Waals surface area (Å²) in [5.74, 6) is 0.900. The minimum absolute atomic E-state index is 0.153. The summed E-state index contributed by atoms with van der Waals surface area (Å²) >= 11 is 0. The van der Waals surface area contributed by atoms with Crippen LogP contribution in [0.1, 0.15) is 44.0 Å². The van der Waals surface area contributed by atoms with Gasteiger partial charge in [-0.25, -0.2) is 4.63 Å². The lowest BCUT2D eigenvalue weighted by Gasteiger charge is -2.33. The molecule has 2 aliphatic carbocycles. The Hall–Kier alpha value is -1.38. The minimum atomic E-state index is 0.153. The number of aromatic nitrogens is 2. The predicted octanol–water partition coefficient (Wildman–Crippen LogP) is 3.31. The van der Waals surface area contributed by atoms with E-state index in [1.165, 1.54) is 25.7 Å². The Morgan fingerprint density at radius 3 is 2.38 bits per heavy atom. The summed E-state index contributed by atoms with van der Waals surface area (Å²) in [5, 5.41) is 7.74. The third-order valence-electron chi connectivity index (χ3n) is 3.74. The standard InChI is InChI=1S/C13H16N2O/c1-13(9-10-3-2-4-10)7-5-11-12(6-8-13)15-16-14-11/h5-8,10H,2-4,9H2,1H3. The molecule has 0 bridgehead atoms. The molecular weight excluding hydrogens is 200 g/mol. The fourth-order valence-corrected chi connectivity index (χ4v) is 2.48. The van der Waals surface area contributed by atoms with Crippen LogP contribution in [0.15, 0.2) is 16.8 Å². The Morgan fingerprint density at radius 1 is 1.25 bits per heavy atom. The number of hydrogen-bond acceptors (Lipinski definition) is 3. The number of rotatable bonds is 2. The predicted molar refractivity (Wildman–Crippen MR) is 62.4 cm³/mol. The molecule has 3 rings (SSSR count). The molecule has 2 aliphatic rings. The highest BCUT2D eigenvalue weighted by Crippen LogP contribution is 2.40. The quantitative estimate of drug-likeness (QED) is 0.761. The molecule has 1 saturated carbocycles. The highest BCUT2D eigenvalue weighted by molar-refractivity contribution is 5.62. The van der Waals surface area contributed by atoms with Crippen LogP contribution in [0.2, 0.25) is 0 Å². The van der Waals surface area contributed by atoms with Gasteiger partial charge in [0.15, 0.2) is 0 Å². The van der Waals surface area contributed by atoms with Crippen LogP contribution in [-0.4, -0.2) is 10.3 Å². The van der Waals surface area contributed by atoms with Crippen molar-refractivity contribution in [1.82, 2.24) is 10.3 Å². The molecule has 0 saturated heterocycles. The summed E-state index contributed by atoms with van der Waals surface area (Å²) in [7, 11) is 0. The fourth-order valence-electron chi connectivity index (χ4n) is 2.48. The molecule has 0 aliphatic heterocycles. The number of nitrogens with zero attached hydrogens (tertiary/aromatic N) is 2. The van der Waals surface area contributed by atoms with Crippen LogP contribution in [0.4, 0.5) is 0 Å². The van der Waals surface area contributed by atoms with Crippen LogP contribution in [0.5, 0.6) is 0 Å². The molecule has 1 aromatic rings. The van der Waals surface area contributed by atoms with E-state index in [4.69, 9.17) is 4.63 Å². The highest BCUT2D eigenvalue weighted by Gasteiger charge is 2.28. The topological polar surface area (TPSA) is 38.9 Å². The molecule has 0 atom stereocenters. The number of fused-ring (bicyclic) bond motifs is 1. The average molecular weight is 216 g/mol. The van der Waals surface area contributed by atoms with E-state index in [1.54, 1.807) is 0 Å². The van der Waals surface area contributed by atoms with Gasteiger partial charge >= 0.3 is 0 Å². The van der Waals surface area contributed by atoms with Crippen molar-refractivity contribution < 1.29 is 4.63 Å². The van der Waals surface area contributed by atoms with Crippen LogP contribution in [0.25, 0.3) is 12.2 Å². The van der Waals surface area contributed by atoms with Gasteiger partial charge in [-0.2, -0.15) is 0 Å². The molecule has 0 aromatic carbocycles. The molecule has 0 unspecified atom stereocenters. The van der Waals surface area contributed by atoms with Gasteiger partial charge < -0.3 is 0 Å². The van der Waals surface area contributed by atoms with Crippen molar-refractivity contribution in [3.63, 3.8) is 0 Å². The normalized spacial score (nSPS) is 22.6.